The fourth-order valence-corrected chi connectivity index (χ4v) is 3.73. The van der Waals surface area contributed by atoms with Crippen LogP contribution in [0.3, 0.4) is 0 Å². The van der Waals surface area contributed by atoms with Gasteiger partial charge in [-0.2, -0.15) is 0 Å². The van der Waals surface area contributed by atoms with Gasteiger partial charge >= 0.3 is 0 Å². The first kappa shape index (κ1) is 15.6. The van der Waals surface area contributed by atoms with Crippen LogP contribution in [0.25, 0.3) is 0 Å². The number of phenolic OH excluding ortho intramolecular Hbond substituents is 1. The maximum Gasteiger partial charge on any atom is 0.117 e. The molecule has 1 saturated carbocycles. The Hall–Kier alpha value is -1.26. The Bertz CT molecular complexity index is 490. The van der Waals surface area contributed by atoms with E-state index in [4.69, 9.17) is 0 Å². The van der Waals surface area contributed by atoms with Crippen molar-refractivity contribution in [1.82, 2.24) is 4.90 Å². The van der Waals surface area contributed by atoms with Crippen molar-refractivity contribution in [2.75, 3.05) is 37.6 Å². The van der Waals surface area contributed by atoms with Crippen LogP contribution >= 0.6 is 0 Å². The number of β-amino-alcohol motifs (C(OH)–C–C–N with tert-alkyl or cyclic N) is 1. The summed E-state index contributed by atoms with van der Waals surface area (Å²) in [7, 11) is 0. The Morgan fingerprint density at radius 2 is 1.82 bits per heavy atom. The highest BCUT2D eigenvalue weighted by atomic mass is 16.3. The van der Waals surface area contributed by atoms with Crippen LogP contribution in [-0.4, -0.2) is 53.4 Å². The van der Waals surface area contributed by atoms with Crippen LogP contribution in [0, 0.1) is 5.92 Å². The molecule has 4 nitrogen and oxygen atoms in total. The Morgan fingerprint density at radius 1 is 1.14 bits per heavy atom. The molecule has 1 aromatic rings. The van der Waals surface area contributed by atoms with Crippen LogP contribution in [0.1, 0.15) is 32.6 Å². The molecule has 2 N–H and O–H groups in total. The third-order valence-corrected chi connectivity index (χ3v) is 5.29. The maximum atomic E-state index is 10.8. The highest BCUT2D eigenvalue weighted by Gasteiger charge is 2.34. The predicted molar refractivity (Wildman–Crippen MR) is 89.3 cm³/mol. The van der Waals surface area contributed by atoms with Crippen molar-refractivity contribution in [1.29, 1.82) is 0 Å². The van der Waals surface area contributed by atoms with Crippen LogP contribution < -0.4 is 4.90 Å². The number of benzene rings is 1. The fraction of sp³-hybridized carbons (Fsp3) is 0.667. The van der Waals surface area contributed by atoms with Gasteiger partial charge < -0.3 is 15.1 Å². The molecule has 4 heteroatoms. The van der Waals surface area contributed by atoms with E-state index in [2.05, 4.69) is 16.7 Å². The van der Waals surface area contributed by atoms with Gasteiger partial charge in [-0.3, -0.25) is 4.90 Å². The van der Waals surface area contributed by atoms with E-state index in [0.29, 0.717) is 5.75 Å². The molecule has 2 fully saturated rings. The number of anilines is 1. The zero-order valence-corrected chi connectivity index (χ0v) is 13.5. The smallest absolute Gasteiger partial charge is 0.117 e. The lowest BCUT2D eigenvalue weighted by Gasteiger charge is -2.42. The quantitative estimate of drug-likeness (QED) is 0.900. The van der Waals surface area contributed by atoms with E-state index in [0.717, 1.165) is 70.0 Å². The molecule has 0 aromatic heterocycles. The lowest BCUT2D eigenvalue weighted by molar-refractivity contribution is -0.0358. The summed E-state index contributed by atoms with van der Waals surface area (Å²) < 4.78 is 0. The van der Waals surface area contributed by atoms with Crippen LogP contribution in [-0.2, 0) is 0 Å². The van der Waals surface area contributed by atoms with Gasteiger partial charge in [-0.05, 0) is 43.7 Å². The number of piperazine rings is 1. The summed E-state index contributed by atoms with van der Waals surface area (Å²) in [6.07, 6.45) is 4.20. The van der Waals surface area contributed by atoms with Crippen molar-refractivity contribution < 1.29 is 10.2 Å². The fourth-order valence-electron chi connectivity index (χ4n) is 3.73. The lowest BCUT2D eigenvalue weighted by atomic mass is 9.79. The molecule has 0 spiro atoms. The minimum Gasteiger partial charge on any atom is -0.508 e. The molecule has 0 bridgehead atoms. The lowest BCUT2D eigenvalue weighted by Crippen LogP contribution is -2.52. The van der Waals surface area contributed by atoms with Gasteiger partial charge in [-0.15, -0.1) is 0 Å². The number of phenols is 1. The second-order valence-electron chi connectivity index (χ2n) is 7.19. The average molecular weight is 304 g/mol. The Morgan fingerprint density at radius 3 is 2.45 bits per heavy atom. The molecule has 1 heterocycles. The third-order valence-electron chi connectivity index (χ3n) is 5.29. The molecule has 0 atom stereocenters. The van der Waals surface area contributed by atoms with E-state index in [9.17, 15) is 10.2 Å². The van der Waals surface area contributed by atoms with Gasteiger partial charge in [0.15, 0.2) is 0 Å². The first-order valence-corrected chi connectivity index (χ1v) is 8.53. The second kappa shape index (κ2) is 6.47. The third kappa shape index (κ3) is 3.73. The largest absolute Gasteiger partial charge is 0.508 e. The van der Waals surface area contributed by atoms with Gasteiger partial charge in [0.05, 0.1) is 5.60 Å². The SMILES string of the molecule is CC1CCC(O)(CN2CCN(c3cccc(O)c3)CC2)CC1. The first-order valence-electron chi connectivity index (χ1n) is 8.53. The molecule has 0 amide bonds. The normalized spacial score (nSPS) is 30.5. The molecular weight excluding hydrogens is 276 g/mol. The van der Waals surface area contributed by atoms with E-state index in [-0.39, 0.29) is 0 Å². The zero-order valence-electron chi connectivity index (χ0n) is 13.5. The van der Waals surface area contributed by atoms with E-state index in [1.54, 1.807) is 6.07 Å². The second-order valence-corrected chi connectivity index (χ2v) is 7.19. The molecule has 3 rings (SSSR count). The molecule has 22 heavy (non-hydrogen) atoms. The molecule has 1 aromatic carbocycles. The molecule has 1 aliphatic carbocycles. The number of hydrogen-bond donors (Lipinski definition) is 2. The van der Waals surface area contributed by atoms with Crippen LogP contribution in [0.5, 0.6) is 5.75 Å². The zero-order chi connectivity index (χ0) is 15.6. The van der Waals surface area contributed by atoms with Crippen molar-refractivity contribution in [3.63, 3.8) is 0 Å². The highest BCUT2D eigenvalue weighted by molar-refractivity contribution is 5.50. The van der Waals surface area contributed by atoms with Crippen LogP contribution in [0.2, 0.25) is 0 Å². The van der Waals surface area contributed by atoms with Crippen molar-refractivity contribution in [2.24, 2.45) is 5.92 Å². The molecular formula is C18H28N2O2. The van der Waals surface area contributed by atoms with Crippen molar-refractivity contribution in [3.8, 4) is 5.75 Å². The highest BCUT2D eigenvalue weighted by Crippen LogP contribution is 2.32. The molecule has 0 unspecified atom stereocenters. The van der Waals surface area contributed by atoms with Crippen LogP contribution in [0.15, 0.2) is 24.3 Å². The molecule has 2 aliphatic rings. The van der Waals surface area contributed by atoms with E-state index < -0.39 is 5.60 Å². The predicted octanol–water partition coefficient (Wildman–Crippen LogP) is 2.46. The minimum absolute atomic E-state index is 0.325. The molecule has 0 radical (unpaired) electrons. The number of hydrogen-bond acceptors (Lipinski definition) is 4. The minimum atomic E-state index is -0.473. The summed E-state index contributed by atoms with van der Waals surface area (Å²) in [5.74, 6) is 1.09. The van der Waals surface area contributed by atoms with Crippen LogP contribution in [0.4, 0.5) is 5.69 Å². The van der Waals surface area contributed by atoms with Crippen molar-refractivity contribution in [3.05, 3.63) is 24.3 Å². The van der Waals surface area contributed by atoms with Crippen molar-refractivity contribution in [2.45, 2.75) is 38.2 Å². The molecule has 122 valence electrons. The van der Waals surface area contributed by atoms with Gasteiger partial charge in [0.1, 0.15) is 5.75 Å². The number of nitrogens with zero attached hydrogens (tertiary/aromatic N) is 2. The summed E-state index contributed by atoms with van der Waals surface area (Å²) in [5, 5.41) is 20.4. The standard InChI is InChI=1S/C18H28N2O2/c1-15-5-7-18(22,8-6-15)14-19-9-11-20(12-10-19)16-3-2-4-17(21)13-16/h2-4,13,15,21-22H,5-12,14H2,1H3. The average Bonchev–Trinajstić information content (AvgIpc) is 2.51. The van der Waals surface area contributed by atoms with Crippen molar-refractivity contribution >= 4 is 5.69 Å². The topological polar surface area (TPSA) is 46.9 Å². The number of aromatic hydroxyl groups is 1. The summed E-state index contributed by atoms with van der Waals surface area (Å²) in [4.78, 5) is 4.71. The number of rotatable bonds is 3. The Balaban J connectivity index is 1.51. The monoisotopic (exact) mass is 304 g/mol. The Labute approximate surface area is 133 Å². The van der Waals surface area contributed by atoms with Gasteiger partial charge in [0, 0.05) is 44.5 Å². The number of aliphatic hydroxyl groups is 1. The summed E-state index contributed by atoms with van der Waals surface area (Å²) in [6, 6.07) is 7.47. The molecule has 1 aliphatic heterocycles. The summed E-state index contributed by atoms with van der Waals surface area (Å²) >= 11 is 0. The van der Waals surface area contributed by atoms with Gasteiger partial charge in [0.25, 0.3) is 0 Å². The first-order chi connectivity index (χ1) is 10.5. The summed E-state index contributed by atoms with van der Waals surface area (Å²) in [6.45, 7) is 6.97. The van der Waals surface area contributed by atoms with Gasteiger partial charge in [0.2, 0.25) is 0 Å². The van der Waals surface area contributed by atoms with Gasteiger partial charge in [-0.1, -0.05) is 13.0 Å². The van der Waals surface area contributed by atoms with E-state index >= 15 is 0 Å². The Kier molecular flexibility index (Phi) is 4.59. The summed E-state index contributed by atoms with van der Waals surface area (Å²) in [5.41, 5.74) is 0.615. The van der Waals surface area contributed by atoms with E-state index in [1.807, 2.05) is 18.2 Å². The van der Waals surface area contributed by atoms with Gasteiger partial charge in [-0.25, -0.2) is 0 Å². The van der Waals surface area contributed by atoms with E-state index in [1.165, 1.54) is 0 Å². The molecule has 1 saturated heterocycles. The maximum absolute atomic E-state index is 10.8.